The Kier molecular flexibility index (Phi) is 4.78. The molecule has 2 aliphatic heterocycles. The van der Waals surface area contributed by atoms with Gasteiger partial charge in [0.1, 0.15) is 0 Å². The molecule has 0 aliphatic carbocycles. The second-order valence-corrected chi connectivity index (χ2v) is 10.9. The summed E-state index contributed by atoms with van der Waals surface area (Å²) in [5.74, 6) is -1.22. The number of benzene rings is 2. The molecular formula is C22H15N3O3STe. The first-order chi connectivity index (χ1) is 14.5. The topological polar surface area (TPSA) is 69.7 Å². The predicted molar refractivity (Wildman–Crippen MR) is 116 cm³/mol. The molecule has 6 nitrogen and oxygen atoms in total. The van der Waals surface area contributed by atoms with Crippen molar-refractivity contribution in [2.45, 2.75) is 9.79 Å². The van der Waals surface area contributed by atoms with Gasteiger partial charge in [-0.25, -0.2) is 0 Å². The van der Waals surface area contributed by atoms with Crippen molar-refractivity contribution in [2.24, 2.45) is 0 Å². The van der Waals surface area contributed by atoms with Crippen LogP contribution in [0.4, 0.5) is 19.9 Å². The minimum absolute atomic E-state index is 0.00176. The van der Waals surface area contributed by atoms with Gasteiger partial charge in [0.15, 0.2) is 0 Å². The van der Waals surface area contributed by atoms with Crippen molar-refractivity contribution in [3.63, 3.8) is 0 Å². The zero-order chi connectivity index (χ0) is 20.8. The molecule has 148 valence electrons. The Bertz CT molecular complexity index is 1200. The van der Waals surface area contributed by atoms with E-state index in [1.54, 1.807) is 17.8 Å². The van der Waals surface area contributed by atoms with Crippen LogP contribution in [-0.4, -0.2) is 50.2 Å². The zero-order valence-corrected chi connectivity index (χ0v) is 18.9. The summed E-state index contributed by atoms with van der Waals surface area (Å²) in [5.41, 5.74) is 2.27. The van der Waals surface area contributed by atoms with Gasteiger partial charge in [0.2, 0.25) is 0 Å². The van der Waals surface area contributed by atoms with Crippen LogP contribution in [0.5, 0.6) is 0 Å². The second-order valence-electron chi connectivity index (χ2n) is 6.73. The van der Waals surface area contributed by atoms with E-state index < -0.39 is 38.3 Å². The van der Waals surface area contributed by atoms with Crippen molar-refractivity contribution in [3.8, 4) is 0 Å². The van der Waals surface area contributed by atoms with Crippen molar-refractivity contribution >= 4 is 71.2 Å². The number of nitrogens with one attached hydrogen (secondary N) is 1. The summed E-state index contributed by atoms with van der Waals surface area (Å²) in [7, 11) is 1.36. The molecule has 3 aromatic rings. The Morgan fingerprint density at radius 3 is 2.20 bits per heavy atom. The fraction of sp³-hybridized carbons (Fsp3) is 0.0455. The number of hydrogen-bond donors (Lipinski definition) is 1. The minimum atomic E-state index is -0.849. The number of barbiturate groups is 1. The van der Waals surface area contributed by atoms with Crippen molar-refractivity contribution in [1.82, 2.24) is 10.2 Å². The number of amides is 4. The average molecular weight is 529 g/mol. The third-order valence-corrected chi connectivity index (χ3v) is 8.89. The molecule has 0 radical (unpaired) electrons. The van der Waals surface area contributed by atoms with Gasteiger partial charge in [-0.3, -0.25) is 0 Å². The summed E-state index contributed by atoms with van der Waals surface area (Å²) in [6, 6.07) is 19.9. The van der Waals surface area contributed by atoms with Crippen LogP contribution in [0.1, 0.15) is 3.58 Å². The molecule has 0 saturated carbocycles. The van der Waals surface area contributed by atoms with E-state index in [-0.39, 0.29) is 5.57 Å². The predicted octanol–water partition coefficient (Wildman–Crippen LogP) is 3.77. The Balaban J connectivity index is 1.56. The van der Waals surface area contributed by atoms with Gasteiger partial charge in [0, 0.05) is 0 Å². The van der Waals surface area contributed by atoms with Gasteiger partial charge in [-0.2, -0.15) is 0 Å². The maximum atomic E-state index is 12.4. The van der Waals surface area contributed by atoms with Gasteiger partial charge in [-0.05, 0) is 0 Å². The summed E-state index contributed by atoms with van der Waals surface area (Å²) in [6.07, 6.45) is 1.63. The molecule has 1 fully saturated rings. The number of nitrogens with zero attached hydrogens (tertiary/aromatic N) is 2. The molecule has 0 unspecified atom stereocenters. The second kappa shape index (κ2) is 7.47. The Morgan fingerprint density at radius 2 is 1.53 bits per heavy atom. The number of rotatable bonds is 2. The summed E-state index contributed by atoms with van der Waals surface area (Å²) in [5, 5.41) is 2.20. The zero-order valence-electron chi connectivity index (χ0n) is 15.8. The molecule has 5 rings (SSSR count). The molecule has 2 aliphatic rings. The third kappa shape index (κ3) is 3.18. The Labute approximate surface area is 186 Å². The summed E-state index contributed by atoms with van der Waals surface area (Å²) in [4.78, 5) is 41.7. The standard InChI is InChI=1S/C22H15N3O3STe/c1-24-21(27)14(20(26)23-22(24)28)12-13-10-11-19(30-13)25-15-6-2-4-8-17(15)29-18-9-5-3-7-16(18)25/h2-12H,1H3,(H,23,26,28)/b14-12+. The molecule has 3 heterocycles. The summed E-state index contributed by atoms with van der Waals surface area (Å²) < 4.78 is 2.14. The first-order valence-electron chi connectivity index (χ1n) is 9.14. The van der Waals surface area contributed by atoms with E-state index in [0.29, 0.717) is 0 Å². The van der Waals surface area contributed by atoms with E-state index in [2.05, 4.69) is 40.5 Å². The van der Waals surface area contributed by atoms with Gasteiger partial charge in [-0.1, -0.05) is 0 Å². The van der Waals surface area contributed by atoms with Crippen LogP contribution >= 0.6 is 11.8 Å². The maximum absolute atomic E-state index is 12.4. The monoisotopic (exact) mass is 531 g/mol. The van der Waals surface area contributed by atoms with E-state index in [1.165, 1.54) is 20.5 Å². The first kappa shape index (κ1) is 19.2. The van der Waals surface area contributed by atoms with Gasteiger partial charge in [0.05, 0.1) is 0 Å². The van der Waals surface area contributed by atoms with Crippen LogP contribution in [0.15, 0.2) is 76.0 Å². The quantitative estimate of drug-likeness (QED) is 0.244. The number of urea groups is 1. The number of fused-ring (bicyclic) bond motifs is 2. The summed E-state index contributed by atoms with van der Waals surface area (Å²) >= 11 is 0.907. The molecule has 1 aromatic heterocycles. The number of likely N-dealkylation sites (N-methyl/N-ethyl adjacent to an activating group) is 1. The van der Waals surface area contributed by atoms with E-state index >= 15 is 0 Å². The molecule has 1 N–H and O–H groups in total. The van der Waals surface area contributed by atoms with Gasteiger partial charge in [-0.15, -0.1) is 0 Å². The fourth-order valence-corrected chi connectivity index (χ4v) is 7.22. The van der Waals surface area contributed by atoms with Crippen LogP contribution in [0.3, 0.4) is 0 Å². The average Bonchev–Trinajstić information content (AvgIpc) is 3.21. The van der Waals surface area contributed by atoms with E-state index in [1.807, 2.05) is 30.3 Å². The number of imide groups is 2. The van der Waals surface area contributed by atoms with Crippen LogP contribution in [0, 0.1) is 0 Å². The number of para-hydroxylation sites is 2. The van der Waals surface area contributed by atoms with Crippen LogP contribution in [0.2, 0.25) is 0 Å². The van der Waals surface area contributed by atoms with Crippen molar-refractivity contribution < 1.29 is 14.4 Å². The molecule has 1 saturated heterocycles. The fourth-order valence-electron chi connectivity index (χ4n) is 3.37. The molecular weight excluding hydrogens is 514 g/mol. The Hall–Kier alpha value is -2.79. The number of carbonyl (C=O) groups excluding carboxylic acids is 3. The third-order valence-electron chi connectivity index (χ3n) is 4.86. The molecule has 0 spiro atoms. The molecule has 0 bridgehead atoms. The SMILES string of the molecule is CN1C(=O)NC(=O)/C(=C\c2ccc(N3c4ccccc4Sc4ccccc43)[te]2)C1=O. The molecule has 4 amide bonds. The van der Waals surface area contributed by atoms with Crippen molar-refractivity contribution in [3.05, 3.63) is 69.8 Å². The molecule has 0 atom stereocenters. The number of hydrogen-bond acceptors (Lipinski definition) is 5. The van der Waals surface area contributed by atoms with Gasteiger partial charge in [0.25, 0.3) is 0 Å². The molecule has 8 heteroatoms. The van der Waals surface area contributed by atoms with E-state index in [9.17, 15) is 14.4 Å². The first-order valence-corrected chi connectivity index (χ1v) is 12.3. The van der Waals surface area contributed by atoms with Crippen molar-refractivity contribution in [2.75, 3.05) is 11.9 Å². The summed E-state index contributed by atoms with van der Waals surface area (Å²) in [6.45, 7) is 0. The van der Waals surface area contributed by atoms with Gasteiger partial charge >= 0.3 is 187 Å². The normalized spacial score (nSPS) is 17.1. The Morgan fingerprint density at radius 1 is 0.900 bits per heavy atom. The van der Waals surface area contributed by atoms with E-state index in [0.717, 1.165) is 19.9 Å². The number of carbonyl (C=O) groups is 3. The van der Waals surface area contributed by atoms with Crippen LogP contribution in [-0.2, 0) is 9.59 Å². The van der Waals surface area contributed by atoms with Gasteiger partial charge < -0.3 is 0 Å². The van der Waals surface area contributed by atoms with Crippen LogP contribution < -0.4 is 10.2 Å². The number of anilines is 3. The molecule has 30 heavy (non-hydrogen) atoms. The van der Waals surface area contributed by atoms with Crippen molar-refractivity contribution in [1.29, 1.82) is 0 Å². The molecule has 2 aromatic carbocycles. The van der Waals surface area contributed by atoms with Crippen LogP contribution in [0.25, 0.3) is 6.08 Å². The van der Waals surface area contributed by atoms with E-state index in [4.69, 9.17) is 0 Å².